The number of rotatable bonds is 5. The molecule has 1 aromatic heterocycles. The lowest BCUT2D eigenvalue weighted by atomic mass is 9.73. The minimum atomic E-state index is 0.170. The first-order valence-corrected chi connectivity index (χ1v) is 8.50. The zero-order valence-corrected chi connectivity index (χ0v) is 14.1. The highest BCUT2D eigenvalue weighted by Crippen LogP contribution is 2.41. The summed E-state index contributed by atoms with van der Waals surface area (Å²) in [6.07, 6.45) is 8.21. The minimum Gasteiger partial charge on any atom is -0.378 e. The van der Waals surface area contributed by atoms with E-state index >= 15 is 0 Å². The number of likely N-dealkylation sites (tertiary alicyclic amines) is 1. The molecule has 0 amide bonds. The average Bonchev–Trinajstić information content (AvgIpc) is 2.90. The number of aryl methyl sites for hydroxylation is 1. The van der Waals surface area contributed by atoms with Crippen LogP contribution in [0.3, 0.4) is 0 Å². The van der Waals surface area contributed by atoms with Gasteiger partial charge in [0.25, 0.3) is 0 Å². The molecule has 2 atom stereocenters. The van der Waals surface area contributed by atoms with E-state index in [4.69, 9.17) is 9.47 Å². The molecule has 0 radical (unpaired) electrons. The predicted molar refractivity (Wildman–Crippen MR) is 85.6 cm³/mol. The summed E-state index contributed by atoms with van der Waals surface area (Å²) >= 11 is 0. The second-order valence-corrected chi connectivity index (χ2v) is 7.21. The van der Waals surface area contributed by atoms with Crippen LogP contribution in [0.2, 0.25) is 0 Å². The van der Waals surface area contributed by atoms with Crippen molar-refractivity contribution in [2.75, 3.05) is 26.3 Å². The van der Waals surface area contributed by atoms with Crippen molar-refractivity contribution in [3.63, 3.8) is 0 Å². The Balaban J connectivity index is 1.68. The van der Waals surface area contributed by atoms with Crippen LogP contribution >= 0.6 is 0 Å². The number of aromatic nitrogens is 2. The van der Waals surface area contributed by atoms with Gasteiger partial charge in [0.05, 0.1) is 25.0 Å². The van der Waals surface area contributed by atoms with Gasteiger partial charge in [0.2, 0.25) is 0 Å². The maximum atomic E-state index is 6.10. The van der Waals surface area contributed by atoms with Gasteiger partial charge in [-0.2, -0.15) is 5.10 Å². The summed E-state index contributed by atoms with van der Waals surface area (Å²) in [5, 5.41) is 4.28. The Morgan fingerprint density at radius 1 is 1.50 bits per heavy atom. The number of nitrogens with zero attached hydrogens (tertiary/aromatic N) is 3. The molecule has 0 unspecified atom stereocenters. The summed E-state index contributed by atoms with van der Waals surface area (Å²) < 4.78 is 14.0. The van der Waals surface area contributed by atoms with E-state index in [0.29, 0.717) is 6.10 Å². The molecule has 0 N–H and O–H groups in total. The van der Waals surface area contributed by atoms with E-state index in [9.17, 15) is 0 Å². The Bertz CT molecular complexity index is 488. The van der Waals surface area contributed by atoms with E-state index in [-0.39, 0.29) is 11.5 Å². The van der Waals surface area contributed by atoms with Crippen molar-refractivity contribution >= 4 is 0 Å². The number of fused-ring (bicyclic) bond motifs is 1. The first kappa shape index (κ1) is 16.0. The second kappa shape index (κ2) is 6.69. The smallest absolute Gasteiger partial charge is 0.0677 e. The normalized spacial score (nSPS) is 29.7. The summed E-state index contributed by atoms with van der Waals surface area (Å²) in [4.78, 5) is 2.55. The Labute approximate surface area is 133 Å². The second-order valence-electron chi connectivity index (χ2n) is 7.21. The van der Waals surface area contributed by atoms with Gasteiger partial charge in [-0.3, -0.25) is 9.58 Å². The predicted octanol–water partition coefficient (Wildman–Crippen LogP) is 2.22. The highest BCUT2D eigenvalue weighted by atomic mass is 16.5. The molecule has 2 fully saturated rings. The van der Waals surface area contributed by atoms with Gasteiger partial charge in [-0.05, 0) is 33.1 Å². The van der Waals surface area contributed by atoms with E-state index < -0.39 is 0 Å². The molecule has 0 saturated carbocycles. The molecule has 2 aliphatic rings. The average molecular weight is 307 g/mol. The van der Waals surface area contributed by atoms with Gasteiger partial charge >= 0.3 is 0 Å². The molecule has 2 saturated heterocycles. The molecule has 0 spiro atoms. The van der Waals surface area contributed by atoms with Crippen LogP contribution in [0.1, 0.15) is 38.7 Å². The van der Waals surface area contributed by atoms with Crippen LogP contribution in [0.5, 0.6) is 0 Å². The SMILES string of the molecule is CC(C)OC[C@@]12CCCO[C@H]1CCN(Cc1cnn(C)c1)C2. The van der Waals surface area contributed by atoms with Gasteiger partial charge in [0, 0.05) is 50.5 Å². The lowest BCUT2D eigenvalue weighted by molar-refractivity contribution is -0.159. The third-order valence-electron chi connectivity index (χ3n) is 4.94. The summed E-state index contributed by atoms with van der Waals surface area (Å²) in [5.41, 5.74) is 1.46. The fourth-order valence-corrected chi connectivity index (χ4v) is 3.87. The number of piperidine rings is 1. The molecule has 1 aromatic rings. The van der Waals surface area contributed by atoms with E-state index in [1.165, 1.54) is 12.0 Å². The van der Waals surface area contributed by atoms with Crippen molar-refractivity contribution in [1.29, 1.82) is 0 Å². The Hall–Kier alpha value is -0.910. The highest BCUT2D eigenvalue weighted by molar-refractivity contribution is 5.05. The number of hydrogen-bond acceptors (Lipinski definition) is 4. The van der Waals surface area contributed by atoms with E-state index in [0.717, 1.165) is 45.7 Å². The largest absolute Gasteiger partial charge is 0.378 e. The molecule has 3 heterocycles. The third kappa shape index (κ3) is 3.53. The van der Waals surface area contributed by atoms with Crippen molar-refractivity contribution < 1.29 is 9.47 Å². The molecule has 0 aliphatic carbocycles. The Morgan fingerprint density at radius 3 is 3.09 bits per heavy atom. The van der Waals surface area contributed by atoms with Gasteiger partial charge in [-0.1, -0.05) is 0 Å². The van der Waals surface area contributed by atoms with Crippen LogP contribution < -0.4 is 0 Å². The summed E-state index contributed by atoms with van der Waals surface area (Å²) in [6.45, 7) is 9.11. The van der Waals surface area contributed by atoms with Gasteiger partial charge in [0.15, 0.2) is 0 Å². The van der Waals surface area contributed by atoms with Gasteiger partial charge in [-0.25, -0.2) is 0 Å². The minimum absolute atomic E-state index is 0.170. The van der Waals surface area contributed by atoms with Crippen molar-refractivity contribution in [2.45, 2.75) is 51.9 Å². The summed E-state index contributed by atoms with van der Waals surface area (Å²) in [7, 11) is 1.97. The van der Waals surface area contributed by atoms with Crippen LogP contribution in [-0.2, 0) is 23.1 Å². The molecule has 0 bridgehead atoms. The monoisotopic (exact) mass is 307 g/mol. The highest BCUT2D eigenvalue weighted by Gasteiger charge is 2.46. The lowest BCUT2D eigenvalue weighted by Gasteiger charge is -2.50. The summed E-state index contributed by atoms with van der Waals surface area (Å²) in [6, 6.07) is 0. The lowest BCUT2D eigenvalue weighted by Crippen LogP contribution is -2.56. The Kier molecular flexibility index (Phi) is 4.85. The van der Waals surface area contributed by atoms with Gasteiger partial charge in [-0.15, -0.1) is 0 Å². The Morgan fingerprint density at radius 2 is 2.36 bits per heavy atom. The molecule has 22 heavy (non-hydrogen) atoms. The fourth-order valence-electron chi connectivity index (χ4n) is 3.87. The third-order valence-corrected chi connectivity index (χ3v) is 4.94. The van der Waals surface area contributed by atoms with Crippen LogP contribution in [0.15, 0.2) is 12.4 Å². The van der Waals surface area contributed by atoms with Crippen molar-refractivity contribution in [3.05, 3.63) is 18.0 Å². The number of ether oxygens (including phenoxy) is 2. The van der Waals surface area contributed by atoms with Crippen molar-refractivity contribution in [2.24, 2.45) is 12.5 Å². The van der Waals surface area contributed by atoms with E-state index in [2.05, 4.69) is 30.0 Å². The molecular formula is C17H29N3O2. The van der Waals surface area contributed by atoms with Crippen molar-refractivity contribution in [1.82, 2.24) is 14.7 Å². The van der Waals surface area contributed by atoms with Gasteiger partial charge < -0.3 is 9.47 Å². The molecule has 3 rings (SSSR count). The zero-order chi connectivity index (χ0) is 15.6. The molecule has 5 nitrogen and oxygen atoms in total. The first-order chi connectivity index (χ1) is 10.6. The van der Waals surface area contributed by atoms with Crippen molar-refractivity contribution in [3.8, 4) is 0 Å². The van der Waals surface area contributed by atoms with E-state index in [1.54, 1.807) is 0 Å². The molecule has 5 heteroatoms. The quantitative estimate of drug-likeness (QED) is 0.836. The number of hydrogen-bond donors (Lipinski definition) is 0. The van der Waals surface area contributed by atoms with Gasteiger partial charge in [0.1, 0.15) is 0 Å². The fraction of sp³-hybridized carbons (Fsp3) is 0.824. The van der Waals surface area contributed by atoms with Crippen LogP contribution in [0.4, 0.5) is 0 Å². The van der Waals surface area contributed by atoms with Crippen LogP contribution in [0.25, 0.3) is 0 Å². The van der Waals surface area contributed by atoms with E-state index in [1.807, 2.05) is 17.9 Å². The maximum absolute atomic E-state index is 6.10. The van der Waals surface area contributed by atoms with Crippen LogP contribution in [-0.4, -0.2) is 53.2 Å². The standard InChI is InChI=1S/C17H29N3O2/c1-14(2)22-13-17-6-4-8-21-16(17)5-7-20(12-17)11-15-9-18-19(3)10-15/h9-10,14,16H,4-8,11-13H2,1-3H3/t16-,17-/m0/s1. The maximum Gasteiger partial charge on any atom is 0.0677 e. The topological polar surface area (TPSA) is 39.5 Å². The van der Waals surface area contributed by atoms with Crippen LogP contribution in [0, 0.1) is 5.41 Å². The molecule has 0 aromatic carbocycles. The first-order valence-electron chi connectivity index (χ1n) is 8.50. The zero-order valence-electron chi connectivity index (χ0n) is 14.1. The molecule has 124 valence electrons. The molecule has 2 aliphatic heterocycles. The molecular weight excluding hydrogens is 278 g/mol. The summed E-state index contributed by atoms with van der Waals surface area (Å²) in [5.74, 6) is 0.